The molecule has 2 saturated carbocycles. The lowest BCUT2D eigenvalue weighted by molar-refractivity contribution is -0.123. The summed E-state index contributed by atoms with van der Waals surface area (Å²) in [6.07, 6.45) is 13.8. The van der Waals surface area contributed by atoms with Crippen molar-refractivity contribution in [1.29, 1.82) is 0 Å². The summed E-state index contributed by atoms with van der Waals surface area (Å²) < 4.78 is 6.21. The summed E-state index contributed by atoms with van der Waals surface area (Å²) in [5, 5.41) is 10.1. The highest BCUT2D eigenvalue weighted by Crippen LogP contribution is 2.39. The molecule has 0 radical (unpaired) electrons. The number of carboxylic acids is 1. The molecule has 0 unspecified atom stereocenters. The van der Waals surface area contributed by atoms with E-state index in [0.717, 1.165) is 51.6 Å². The molecule has 1 atom stereocenters. The molecule has 0 bridgehead atoms. The first-order valence-electron chi connectivity index (χ1n) is 14.1. The van der Waals surface area contributed by atoms with E-state index < -0.39 is 5.97 Å². The molecule has 0 aliphatic heterocycles. The maximum atomic E-state index is 14.0. The molecule has 1 aromatic heterocycles. The fourth-order valence-electron chi connectivity index (χ4n) is 5.80. The summed E-state index contributed by atoms with van der Waals surface area (Å²) in [4.78, 5) is 29.2. The zero-order chi connectivity index (χ0) is 26.6. The molecule has 0 aromatic carbocycles. The van der Waals surface area contributed by atoms with Crippen molar-refractivity contribution in [3.8, 4) is 11.8 Å². The quantitative estimate of drug-likeness (QED) is 0.297. The van der Waals surface area contributed by atoms with Crippen LogP contribution in [0.4, 0.5) is 5.69 Å². The average Bonchev–Trinajstić information content (AvgIpc) is 3.53. The van der Waals surface area contributed by atoms with Crippen LogP contribution in [0, 0.1) is 29.1 Å². The van der Waals surface area contributed by atoms with Gasteiger partial charge in [0.05, 0.1) is 16.7 Å². The Balaban J connectivity index is 1.57. The van der Waals surface area contributed by atoms with Crippen LogP contribution in [-0.4, -0.2) is 35.7 Å². The van der Waals surface area contributed by atoms with Crippen molar-refractivity contribution < 1.29 is 19.4 Å². The first kappa shape index (κ1) is 27.9. The van der Waals surface area contributed by atoms with Gasteiger partial charge in [-0.25, -0.2) is 4.79 Å². The van der Waals surface area contributed by atoms with Crippen LogP contribution in [-0.2, 0) is 9.53 Å². The highest BCUT2D eigenvalue weighted by atomic mass is 32.1. The van der Waals surface area contributed by atoms with Gasteiger partial charge in [0.1, 0.15) is 4.88 Å². The molecule has 3 aliphatic rings. The second-order valence-corrected chi connectivity index (χ2v) is 13.3. The summed E-state index contributed by atoms with van der Waals surface area (Å²) in [7, 11) is 0. The lowest BCUT2D eigenvalue weighted by Gasteiger charge is -2.39. The third kappa shape index (κ3) is 7.48. The van der Waals surface area contributed by atoms with Gasteiger partial charge in [-0.2, -0.15) is 0 Å². The standard InChI is InChI=1S/C31H43NO4S/c1-21-9-13-23(14-10-21)29(33)32(24-15-11-22(12-16-24)20-36-25-7-5-6-8-25)27-19-26(17-18-31(2,3)4)37-28(27)30(34)35/h9,19,22-25H,5-8,10-16,20H2,1-4H3,(H,34,35)/t22?,23-,24?/m0/s1. The number of thiophene rings is 1. The van der Waals surface area contributed by atoms with Gasteiger partial charge < -0.3 is 14.7 Å². The third-order valence-electron chi connectivity index (χ3n) is 8.00. The van der Waals surface area contributed by atoms with Crippen LogP contribution in [0.5, 0.6) is 0 Å². The smallest absolute Gasteiger partial charge is 0.348 e. The predicted octanol–water partition coefficient (Wildman–Crippen LogP) is 7.44. The van der Waals surface area contributed by atoms with Gasteiger partial charge in [0, 0.05) is 24.0 Å². The van der Waals surface area contributed by atoms with Gasteiger partial charge in [-0.05, 0) is 97.5 Å². The van der Waals surface area contributed by atoms with Crippen LogP contribution >= 0.6 is 11.3 Å². The Labute approximate surface area is 226 Å². The minimum Gasteiger partial charge on any atom is -0.477 e. The summed E-state index contributed by atoms with van der Waals surface area (Å²) in [6, 6.07) is 1.86. The number of allylic oxidation sites excluding steroid dienone is 2. The first-order valence-corrected chi connectivity index (χ1v) is 14.9. The number of rotatable bonds is 7. The molecule has 37 heavy (non-hydrogen) atoms. The van der Waals surface area contributed by atoms with E-state index >= 15 is 0 Å². The van der Waals surface area contributed by atoms with Crippen molar-refractivity contribution in [3.63, 3.8) is 0 Å². The van der Waals surface area contributed by atoms with Gasteiger partial charge in [-0.3, -0.25) is 4.79 Å². The van der Waals surface area contributed by atoms with Gasteiger partial charge in [0.25, 0.3) is 0 Å². The zero-order valence-corrected chi connectivity index (χ0v) is 23.8. The molecule has 202 valence electrons. The number of ether oxygens (including phenoxy) is 1. The Hall–Kier alpha value is -2.10. The number of aromatic carboxylic acids is 1. The van der Waals surface area contributed by atoms with Crippen LogP contribution in [0.15, 0.2) is 17.7 Å². The van der Waals surface area contributed by atoms with Gasteiger partial charge in [-0.15, -0.1) is 11.3 Å². The molecule has 0 saturated heterocycles. The fourth-order valence-corrected chi connectivity index (χ4v) is 6.64. The Morgan fingerprint density at radius 3 is 2.41 bits per heavy atom. The summed E-state index contributed by atoms with van der Waals surface area (Å²) in [6.45, 7) is 9.04. The molecule has 2 fully saturated rings. The number of hydrogen-bond acceptors (Lipinski definition) is 4. The summed E-state index contributed by atoms with van der Waals surface area (Å²) >= 11 is 1.19. The largest absolute Gasteiger partial charge is 0.477 e. The Kier molecular flexibility index (Phi) is 9.19. The number of amides is 1. The number of hydrogen-bond donors (Lipinski definition) is 1. The average molecular weight is 526 g/mol. The SMILES string of the molecule is CC1=CC[C@H](C(=O)N(c2cc(C#CC(C)(C)C)sc2C(=O)O)C2CCC(COC3CCCC3)CC2)CC1. The van der Waals surface area contributed by atoms with E-state index in [9.17, 15) is 14.7 Å². The van der Waals surface area contributed by atoms with Gasteiger partial charge in [0.2, 0.25) is 5.91 Å². The number of nitrogens with zero attached hydrogens (tertiary/aromatic N) is 1. The van der Waals surface area contributed by atoms with E-state index in [1.165, 1.54) is 42.6 Å². The molecular formula is C31H43NO4S. The summed E-state index contributed by atoms with van der Waals surface area (Å²) in [5.74, 6) is 5.90. The van der Waals surface area contributed by atoms with E-state index in [1.807, 2.05) is 31.7 Å². The van der Waals surface area contributed by atoms with Crippen molar-refractivity contribution in [2.45, 2.75) is 110 Å². The molecule has 4 rings (SSSR count). The second kappa shape index (κ2) is 12.2. The summed E-state index contributed by atoms with van der Waals surface area (Å²) in [5.41, 5.74) is 1.69. The number of carboxylic acid groups (broad SMARTS) is 1. The van der Waals surface area contributed by atoms with E-state index in [0.29, 0.717) is 22.6 Å². The molecular weight excluding hydrogens is 482 g/mol. The van der Waals surface area contributed by atoms with Crippen LogP contribution < -0.4 is 4.90 Å². The van der Waals surface area contributed by atoms with Crippen LogP contribution in [0.1, 0.15) is 113 Å². The van der Waals surface area contributed by atoms with Crippen molar-refractivity contribution in [1.82, 2.24) is 0 Å². The van der Waals surface area contributed by atoms with Gasteiger partial charge in [0.15, 0.2) is 0 Å². The number of anilines is 1. The molecule has 6 heteroatoms. The Morgan fingerprint density at radius 1 is 1.11 bits per heavy atom. The lowest BCUT2D eigenvalue weighted by atomic mass is 9.83. The van der Waals surface area contributed by atoms with E-state index in [1.54, 1.807) is 0 Å². The monoisotopic (exact) mass is 525 g/mol. The van der Waals surface area contributed by atoms with Crippen molar-refractivity contribution in [3.05, 3.63) is 27.5 Å². The Bertz CT molecular complexity index is 1060. The van der Waals surface area contributed by atoms with Gasteiger partial charge >= 0.3 is 5.97 Å². The zero-order valence-electron chi connectivity index (χ0n) is 23.0. The molecule has 1 amide bonds. The van der Waals surface area contributed by atoms with Crippen molar-refractivity contribution in [2.24, 2.45) is 17.3 Å². The normalized spacial score (nSPS) is 24.8. The first-order chi connectivity index (χ1) is 17.6. The minimum atomic E-state index is -0.986. The second-order valence-electron chi connectivity index (χ2n) is 12.3. The maximum Gasteiger partial charge on any atom is 0.348 e. The highest BCUT2D eigenvalue weighted by Gasteiger charge is 2.37. The maximum absolute atomic E-state index is 14.0. The lowest BCUT2D eigenvalue weighted by Crippen LogP contribution is -2.46. The van der Waals surface area contributed by atoms with E-state index in [2.05, 4.69) is 24.8 Å². The molecule has 1 N–H and O–H groups in total. The predicted molar refractivity (Wildman–Crippen MR) is 150 cm³/mol. The van der Waals surface area contributed by atoms with E-state index in [-0.39, 0.29) is 28.2 Å². The topological polar surface area (TPSA) is 66.8 Å². The number of carbonyl (C=O) groups excluding carboxylic acids is 1. The minimum absolute atomic E-state index is 0.0124. The molecule has 1 heterocycles. The fraction of sp³-hybridized carbons (Fsp3) is 0.677. The number of carbonyl (C=O) groups is 2. The molecule has 5 nitrogen and oxygen atoms in total. The third-order valence-corrected chi connectivity index (χ3v) is 9.03. The van der Waals surface area contributed by atoms with Crippen LogP contribution in [0.2, 0.25) is 0 Å². The van der Waals surface area contributed by atoms with E-state index in [4.69, 9.17) is 4.74 Å². The van der Waals surface area contributed by atoms with Crippen LogP contribution in [0.3, 0.4) is 0 Å². The van der Waals surface area contributed by atoms with Crippen LogP contribution in [0.25, 0.3) is 0 Å². The molecule has 0 spiro atoms. The Morgan fingerprint density at radius 2 is 1.81 bits per heavy atom. The van der Waals surface area contributed by atoms with Gasteiger partial charge in [-0.1, -0.05) is 36.3 Å². The van der Waals surface area contributed by atoms with Crippen molar-refractivity contribution >= 4 is 28.9 Å². The highest BCUT2D eigenvalue weighted by molar-refractivity contribution is 7.15. The van der Waals surface area contributed by atoms with Crippen molar-refractivity contribution in [2.75, 3.05) is 11.5 Å². The molecule has 1 aromatic rings. The molecule has 3 aliphatic carbocycles.